The molecule has 6 nitrogen and oxygen atoms in total. The van der Waals surface area contributed by atoms with Gasteiger partial charge in [0.15, 0.2) is 0 Å². The predicted molar refractivity (Wildman–Crippen MR) is 84.1 cm³/mol. The minimum atomic E-state index is -0.787. The van der Waals surface area contributed by atoms with Crippen molar-refractivity contribution < 1.29 is 15.0 Å². The first-order valence-electron chi connectivity index (χ1n) is 6.49. The van der Waals surface area contributed by atoms with Gasteiger partial charge in [-0.15, -0.1) is 23.5 Å². The van der Waals surface area contributed by atoms with Crippen LogP contribution in [0.2, 0.25) is 0 Å². The second-order valence-electron chi connectivity index (χ2n) is 4.93. The number of rotatable bonds is 3. The molecular formula is C13H15N3O3S2. The van der Waals surface area contributed by atoms with Crippen LogP contribution in [0.25, 0.3) is 0 Å². The number of hydrogen-bond acceptors (Lipinski definition) is 7. The van der Waals surface area contributed by atoms with E-state index in [4.69, 9.17) is 0 Å². The van der Waals surface area contributed by atoms with E-state index in [0.29, 0.717) is 11.4 Å². The minimum absolute atomic E-state index is 0.0192. The molecule has 112 valence electrons. The number of aliphatic carboxylic acids is 1. The highest BCUT2D eigenvalue weighted by Gasteiger charge is 2.41. The van der Waals surface area contributed by atoms with Gasteiger partial charge in [0, 0.05) is 17.7 Å². The first-order valence-corrected chi connectivity index (χ1v) is 8.52. The maximum Gasteiger partial charge on any atom is 0.321 e. The number of carboxylic acids is 1. The van der Waals surface area contributed by atoms with E-state index in [1.54, 1.807) is 41.9 Å². The lowest BCUT2D eigenvalue weighted by molar-refractivity contribution is -0.141. The molecule has 3 atom stereocenters. The molecule has 3 rings (SSSR count). The van der Waals surface area contributed by atoms with Crippen molar-refractivity contribution in [2.45, 2.75) is 17.5 Å². The van der Waals surface area contributed by atoms with Crippen molar-refractivity contribution in [3.63, 3.8) is 0 Å². The zero-order chi connectivity index (χ0) is 15.0. The van der Waals surface area contributed by atoms with Crippen LogP contribution < -0.4 is 0 Å². The van der Waals surface area contributed by atoms with Gasteiger partial charge >= 0.3 is 5.97 Å². The Balaban J connectivity index is 1.78. The molecule has 0 amide bonds. The van der Waals surface area contributed by atoms with Crippen molar-refractivity contribution in [3.8, 4) is 5.75 Å². The average Bonchev–Trinajstić information content (AvgIpc) is 3.05. The van der Waals surface area contributed by atoms with Crippen molar-refractivity contribution in [1.82, 2.24) is 9.88 Å². The molecule has 2 aliphatic heterocycles. The molecule has 2 aliphatic rings. The molecule has 1 aromatic heterocycles. The molecule has 0 aromatic carbocycles. The maximum atomic E-state index is 11.2. The van der Waals surface area contributed by atoms with Crippen molar-refractivity contribution in [3.05, 3.63) is 24.0 Å². The predicted octanol–water partition coefficient (Wildman–Crippen LogP) is 1.11. The van der Waals surface area contributed by atoms with Gasteiger partial charge in [-0.25, -0.2) is 0 Å². The van der Waals surface area contributed by atoms with E-state index in [0.717, 1.165) is 10.8 Å². The summed E-state index contributed by atoms with van der Waals surface area (Å²) in [5, 5.41) is 19.8. The summed E-state index contributed by atoms with van der Waals surface area (Å²) >= 11 is 3.18. The van der Waals surface area contributed by atoms with Gasteiger partial charge in [0.1, 0.15) is 22.5 Å². The van der Waals surface area contributed by atoms with E-state index in [1.165, 1.54) is 0 Å². The summed E-state index contributed by atoms with van der Waals surface area (Å²) in [6.07, 6.45) is 1.63. The average molecular weight is 325 g/mol. The van der Waals surface area contributed by atoms with Crippen molar-refractivity contribution in [1.29, 1.82) is 0 Å². The summed E-state index contributed by atoms with van der Waals surface area (Å²) in [7, 11) is 1.83. The standard InChI is InChI=1S/C13H15N3O3S2/c1-16-8(13(18)19)6-21-12(16)7-5-20-11(15-7)10-9(17)3-2-4-14-10/h2-4,7-8,12,17H,5-6H2,1H3,(H,18,19)/t7-,8+,12+/m0/s1. The topological polar surface area (TPSA) is 86.0 Å². The fourth-order valence-electron chi connectivity index (χ4n) is 2.46. The van der Waals surface area contributed by atoms with Gasteiger partial charge in [0.25, 0.3) is 0 Å². The number of nitrogens with zero attached hydrogens (tertiary/aromatic N) is 3. The number of aliphatic imine (C=N–C) groups is 1. The van der Waals surface area contributed by atoms with Crippen LogP contribution in [0.1, 0.15) is 5.69 Å². The third-order valence-electron chi connectivity index (χ3n) is 3.59. The molecule has 0 radical (unpaired) electrons. The number of aromatic hydroxyl groups is 1. The maximum absolute atomic E-state index is 11.2. The molecule has 0 aliphatic carbocycles. The zero-order valence-corrected chi connectivity index (χ0v) is 13.0. The van der Waals surface area contributed by atoms with Crippen LogP contribution >= 0.6 is 23.5 Å². The Morgan fingerprint density at radius 3 is 2.95 bits per heavy atom. The van der Waals surface area contributed by atoms with Crippen LogP contribution in [0, 0.1) is 0 Å². The first-order chi connectivity index (χ1) is 10.1. The number of carboxylic acid groups (broad SMARTS) is 1. The molecule has 0 bridgehead atoms. The van der Waals surface area contributed by atoms with Crippen molar-refractivity contribution in [2.75, 3.05) is 18.6 Å². The Morgan fingerprint density at radius 1 is 1.48 bits per heavy atom. The summed E-state index contributed by atoms with van der Waals surface area (Å²) in [4.78, 5) is 21.9. The lowest BCUT2D eigenvalue weighted by Gasteiger charge is -2.24. The van der Waals surface area contributed by atoms with Crippen LogP contribution in [0.15, 0.2) is 23.3 Å². The van der Waals surface area contributed by atoms with Gasteiger partial charge in [0.05, 0.1) is 11.4 Å². The van der Waals surface area contributed by atoms with E-state index >= 15 is 0 Å². The monoisotopic (exact) mass is 325 g/mol. The number of thioether (sulfide) groups is 2. The Hall–Kier alpha value is -1.25. The number of hydrogen-bond donors (Lipinski definition) is 2. The normalized spacial score (nSPS) is 29.6. The summed E-state index contributed by atoms with van der Waals surface area (Å²) in [5.41, 5.74) is 0.505. The smallest absolute Gasteiger partial charge is 0.321 e. The molecule has 0 unspecified atom stereocenters. The minimum Gasteiger partial charge on any atom is -0.506 e. The van der Waals surface area contributed by atoms with Crippen LogP contribution in [0.5, 0.6) is 5.75 Å². The summed E-state index contributed by atoms with van der Waals surface area (Å²) in [6.45, 7) is 0. The molecule has 1 fully saturated rings. The summed E-state index contributed by atoms with van der Waals surface area (Å²) < 4.78 is 0. The highest BCUT2D eigenvalue weighted by molar-refractivity contribution is 8.14. The number of aromatic nitrogens is 1. The van der Waals surface area contributed by atoms with E-state index in [1.807, 2.05) is 11.9 Å². The first kappa shape index (κ1) is 14.7. The van der Waals surface area contributed by atoms with Gasteiger partial charge in [-0.1, -0.05) is 0 Å². The Kier molecular flexibility index (Phi) is 4.10. The molecular weight excluding hydrogens is 310 g/mol. The summed E-state index contributed by atoms with van der Waals surface area (Å²) in [6, 6.07) is 2.84. The third kappa shape index (κ3) is 2.75. The fraction of sp³-hybridized carbons (Fsp3) is 0.462. The SMILES string of the molecule is CN1[C@@H](C(=O)O)CS[C@@H]1[C@@H]1CSC(c2ncccc2O)=N1. The summed E-state index contributed by atoms with van der Waals surface area (Å²) in [5.74, 6) is 0.696. The third-order valence-corrected chi connectivity index (χ3v) is 6.17. The lowest BCUT2D eigenvalue weighted by atomic mass is 10.2. The zero-order valence-electron chi connectivity index (χ0n) is 11.3. The van der Waals surface area contributed by atoms with E-state index in [-0.39, 0.29) is 17.2 Å². The van der Waals surface area contributed by atoms with Gasteiger partial charge in [-0.05, 0) is 19.2 Å². The molecule has 2 N–H and O–H groups in total. The highest BCUT2D eigenvalue weighted by atomic mass is 32.2. The van der Waals surface area contributed by atoms with E-state index in [2.05, 4.69) is 9.98 Å². The Bertz CT molecular complexity index is 596. The molecule has 0 spiro atoms. The lowest BCUT2D eigenvalue weighted by Crippen LogP contribution is -2.42. The number of likely N-dealkylation sites (N-methyl/N-ethyl adjacent to an activating group) is 1. The molecule has 0 saturated carbocycles. The second-order valence-corrected chi connectivity index (χ2v) is 7.09. The Labute approximate surface area is 130 Å². The van der Waals surface area contributed by atoms with Crippen LogP contribution in [-0.2, 0) is 4.79 Å². The quantitative estimate of drug-likeness (QED) is 0.861. The van der Waals surface area contributed by atoms with Crippen molar-refractivity contribution >= 4 is 34.5 Å². The second kappa shape index (κ2) is 5.86. The number of carbonyl (C=O) groups is 1. The van der Waals surface area contributed by atoms with Gasteiger partial charge in [-0.3, -0.25) is 19.7 Å². The molecule has 1 saturated heterocycles. The van der Waals surface area contributed by atoms with Crippen LogP contribution in [0.4, 0.5) is 0 Å². The van der Waals surface area contributed by atoms with E-state index in [9.17, 15) is 15.0 Å². The van der Waals surface area contributed by atoms with E-state index < -0.39 is 12.0 Å². The molecule has 21 heavy (non-hydrogen) atoms. The molecule has 1 aromatic rings. The largest absolute Gasteiger partial charge is 0.506 e. The molecule has 8 heteroatoms. The Morgan fingerprint density at radius 2 is 2.29 bits per heavy atom. The van der Waals surface area contributed by atoms with Crippen LogP contribution in [-0.4, -0.2) is 67.1 Å². The number of pyridine rings is 1. The van der Waals surface area contributed by atoms with Gasteiger partial charge < -0.3 is 10.2 Å². The fourth-order valence-corrected chi connectivity index (χ4v) is 5.19. The van der Waals surface area contributed by atoms with Crippen molar-refractivity contribution in [2.24, 2.45) is 4.99 Å². The highest BCUT2D eigenvalue weighted by Crippen LogP contribution is 2.37. The van der Waals surface area contributed by atoms with Gasteiger partial charge in [-0.2, -0.15) is 0 Å². The van der Waals surface area contributed by atoms with Gasteiger partial charge in [0.2, 0.25) is 0 Å². The van der Waals surface area contributed by atoms with Crippen LogP contribution in [0.3, 0.4) is 0 Å². The molecule has 3 heterocycles.